The summed E-state index contributed by atoms with van der Waals surface area (Å²) in [5.41, 5.74) is 1.64. The molecule has 4 aromatic rings. The highest BCUT2D eigenvalue weighted by Gasteiger charge is 2.12. The highest BCUT2D eigenvalue weighted by atomic mass is 32.1. The maximum Gasteiger partial charge on any atom is 0.291 e. The van der Waals surface area contributed by atoms with Crippen molar-refractivity contribution in [1.29, 1.82) is 0 Å². The lowest BCUT2D eigenvalue weighted by molar-refractivity contribution is 0.628. The van der Waals surface area contributed by atoms with E-state index in [1.165, 1.54) is 28.0 Å². The average molecular weight is 343 g/mol. The summed E-state index contributed by atoms with van der Waals surface area (Å²) in [6.07, 6.45) is 1.88. The van der Waals surface area contributed by atoms with Gasteiger partial charge in [-0.25, -0.2) is 4.39 Å². The van der Waals surface area contributed by atoms with Crippen molar-refractivity contribution in [2.24, 2.45) is 0 Å². The number of nitrogens with zero attached hydrogens (tertiary/aromatic N) is 3. The molecular formula is C16H10FN3OS2. The molecule has 0 saturated heterocycles. The predicted octanol–water partition coefficient (Wildman–Crippen LogP) is 2.87. The zero-order chi connectivity index (χ0) is 16.0. The van der Waals surface area contributed by atoms with Gasteiger partial charge in [0.15, 0.2) is 5.82 Å². The SMILES string of the molecule is Cc1ccsc1/C=c1\sc2nc(-c3ccc(F)cc3)nn2c1=O. The third-order valence-electron chi connectivity index (χ3n) is 3.45. The Labute approximate surface area is 138 Å². The number of fused-ring (bicyclic) bond motifs is 1. The molecule has 0 bridgehead atoms. The molecule has 0 aliphatic carbocycles. The first-order valence-corrected chi connectivity index (χ1v) is 8.53. The molecule has 0 aliphatic rings. The van der Waals surface area contributed by atoms with Crippen LogP contribution in [-0.4, -0.2) is 14.6 Å². The summed E-state index contributed by atoms with van der Waals surface area (Å²) < 4.78 is 14.9. The van der Waals surface area contributed by atoms with Crippen LogP contribution in [0.5, 0.6) is 0 Å². The van der Waals surface area contributed by atoms with E-state index in [1.807, 2.05) is 24.4 Å². The van der Waals surface area contributed by atoms with E-state index in [2.05, 4.69) is 10.1 Å². The molecule has 7 heteroatoms. The topological polar surface area (TPSA) is 47.3 Å². The Bertz CT molecular complexity index is 1110. The highest BCUT2D eigenvalue weighted by molar-refractivity contribution is 7.15. The van der Waals surface area contributed by atoms with E-state index in [9.17, 15) is 9.18 Å². The summed E-state index contributed by atoms with van der Waals surface area (Å²) in [6, 6.07) is 7.91. The summed E-state index contributed by atoms with van der Waals surface area (Å²) in [7, 11) is 0. The maximum atomic E-state index is 13.0. The van der Waals surface area contributed by atoms with Crippen molar-refractivity contribution in [3.63, 3.8) is 0 Å². The Hall–Kier alpha value is -2.38. The van der Waals surface area contributed by atoms with Crippen LogP contribution in [-0.2, 0) is 0 Å². The van der Waals surface area contributed by atoms with Crippen LogP contribution in [0.4, 0.5) is 4.39 Å². The molecule has 0 spiro atoms. The van der Waals surface area contributed by atoms with Gasteiger partial charge >= 0.3 is 0 Å². The third-order valence-corrected chi connectivity index (χ3v) is 5.37. The Kier molecular flexibility index (Phi) is 3.32. The van der Waals surface area contributed by atoms with Gasteiger partial charge in [0.25, 0.3) is 5.56 Å². The van der Waals surface area contributed by atoms with Crippen molar-refractivity contribution in [2.45, 2.75) is 6.92 Å². The molecule has 0 saturated carbocycles. The molecule has 4 rings (SSSR count). The van der Waals surface area contributed by atoms with Gasteiger partial charge < -0.3 is 0 Å². The molecule has 0 fully saturated rings. The molecule has 0 amide bonds. The fraction of sp³-hybridized carbons (Fsp3) is 0.0625. The highest BCUT2D eigenvalue weighted by Crippen LogP contribution is 2.18. The summed E-state index contributed by atoms with van der Waals surface area (Å²) in [5.74, 6) is 0.106. The monoisotopic (exact) mass is 343 g/mol. The number of hydrogen-bond donors (Lipinski definition) is 0. The zero-order valence-electron chi connectivity index (χ0n) is 12.0. The largest absolute Gasteiger partial charge is 0.291 e. The lowest BCUT2D eigenvalue weighted by atomic mass is 10.2. The molecule has 0 aliphatic heterocycles. The molecule has 114 valence electrons. The van der Waals surface area contributed by atoms with Crippen LogP contribution in [0.15, 0.2) is 40.5 Å². The predicted molar refractivity (Wildman–Crippen MR) is 90.4 cm³/mol. The molecule has 3 heterocycles. The van der Waals surface area contributed by atoms with E-state index in [0.717, 1.165) is 10.4 Å². The van der Waals surface area contributed by atoms with Crippen LogP contribution >= 0.6 is 22.7 Å². The normalized spacial score (nSPS) is 12.3. The van der Waals surface area contributed by atoms with Gasteiger partial charge in [-0.05, 0) is 54.3 Å². The molecule has 4 nitrogen and oxygen atoms in total. The fourth-order valence-corrected chi connectivity index (χ4v) is 4.03. The number of halogens is 1. The Morgan fingerprint density at radius 1 is 1.22 bits per heavy atom. The van der Waals surface area contributed by atoms with Gasteiger partial charge in [0, 0.05) is 10.4 Å². The molecule has 0 radical (unpaired) electrons. The number of aromatic nitrogens is 3. The van der Waals surface area contributed by atoms with Crippen molar-refractivity contribution in [3.05, 3.63) is 66.9 Å². The number of hydrogen-bond acceptors (Lipinski definition) is 5. The standard InChI is InChI=1S/C16H10FN3OS2/c1-9-6-7-22-12(9)8-13-15(21)20-16(23-13)18-14(19-20)10-2-4-11(17)5-3-10/h2-8H,1H3/b13-8-. The molecule has 0 N–H and O–H groups in total. The Balaban J connectivity index is 1.84. The van der Waals surface area contributed by atoms with E-state index in [1.54, 1.807) is 23.5 Å². The lowest BCUT2D eigenvalue weighted by Gasteiger charge is -1.93. The fourth-order valence-electron chi connectivity index (χ4n) is 2.21. The van der Waals surface area contributed by atoms with Gasteiger partial charge in [-0.1, -0.05) is 11.3 Å². The van der Waals surface area contributed by atoms with E-state index < -0.39 is 0 Å². The average Bonchev–Trinajstić information content (AvgIpc) is 3.20. The van der Waals surface area contributed by atoms with Crippen LogP contribution in [0, 0.1) is 12.7 Å². The summed E-state index contributed by atoms with van der Waals surface area (Å²) >= 11 is 2.90. The van der Waals surface area contributed by atoms with E-state index in [-0.39, 0.29) is 11.4 Å². The second-order valence-electron chi connectivity index (χ2n) is 5.02. The molecule has 0 unspecified atom stereocenters. The Morgan fingerprint density at radius 2 is 2.00 bits per heavy atom. The van der Waals surface area contributed by atoms with Crippen molar-refractivity contribution >= 4 is 33.7 Å². The molecular weight excluding hydrogens is 333 g/mol. The van der Waals surface area contributed by atoms with Gasteiger partial charge in [-0.15, -0.1) is 16.4 Å². The van der Waals surface area contributed by atoms with E-state index >= 15 is 0 Å². The smallest absolute Gasteiger partial charge is 0.266 e. The molecule has 1 aromatic carbocycles. The first-order valence-electron chi connectivity index (χ1n) is 6.83. The van der Waals surface area contributed by atoms with Crippen LogP contribution in [0.1, 0.15) is 10.4 Å². The number of aryl methyl sites for hydroxylation is 1. The van der Waals surface area contributed by atoms with Crippen LogP contribution in [0.2, 0.25) is 0 Å². The number of rotatable bonds is 2. The van der Waals surface area contributed by atoms with Crippen molar-refractivity contribution < 1.29 is 4.39 Å². The minimum atomic E-state index is -0.317. The van der Waals surface area contributed by atoms with Gasteiger partial charge in [-0.3, -0.25) is 4.79 Å². The molecule has 23 heavy (non-hydrogen) atoms. The maximum absolute atomic E-state index is 13.0. The minimum Gasteiger partial charge on any atom is -0.266 e. The minimum absolute atomic E-state index is 0.182. The van der Waals surface area contributed by atoms with Crippen molar-refractivity contribution in [2.75, 3.05) is 0 Å². The first kappa shape index (κ1) is 14.2. The van der Waals surface area contributed by atoms with Gasteiger partial charge in [0.2, 0.25) is 4.96 Å². The van der Waals surface area contributed by atoms with Gasteiger partial charge in [0.05, 0.1) is 4.53 Å². The second kappa shape index (κ2) is 5.36. The van der Waals surface area contributed by atoms with Crippen molar-refractivity contribution in [1.82, 2.24) is 14.6 Å². The summed E-state index contributed by atoms with van der Waals surface area (Å²) in [4.78, 5) is 18.4. The van der Waals surface area contributed by atoms with E-state index in [4.69, 9.17) is 0 Å². The Morgan fingerprint density at radius 3 is 2.65 bits per heavy atom. The molecule has 3 aromatic heterocycles. The number of thiazole rings is 1. The van der Waals surface area contributed by atoms with Gasteiger partial charge in [0.1, 0.15) is 5.82 Å². The van der Waals surface area contributed by atoms with Crippen LogP contribution < -0.4 is 10.1 Å². The third kappa shape index (κ3) is 2.47. The van der Waals surface area contributed by atoms with Gasteiger partial charge in [-0.2, -0.15) is 9.50 Å². The van der Waals surface area contributed by atoms with E-state index in [0.29, 0.717) is 20.9 Å². The molecule has 0 atom stereocenters. The van der Waals surface area contributed by atoms with Crippen LogP contribution in [0.25, 0.3) is 22.4 Å². The zero-order valence-corrected chi connectivity index (χ0v) is 13.6. The quantitative estimate of drug-likeness (QED) is 0.562. The van der Waals surface area contributed by atoms with Crippen LogP contribution in [0.3, 0.4) is 0 Å². The lowest BCUT2D eigenvalue weighted by Crippen LogP contribution is -2.23. The number of thiophene rings is 1. The van der Waals surface area contributed by atoms with Crippen molar-refractivity contribution in [3.8, 4) is 11.4 Å². The summed E-state index contributed by atoms with van der Waals surface area (Å²) in [6.45, 7) is 2.01. The second-order valence-corrected chi connectivity index (χ2v) is 6.98. The summed E-state index contributed by atoms with van der Waals surface area (Å²) in [5, 5.41) is 6.24. The first-order chi connectivity index (χ1) is 11.1. The number of benzene rings is 1.